The zero-order chi connectivity index (χ0) is 19.4. The Morgan fingerprint density at radius 1 is 0.750 bits per heavy atom. The summed E-state index contributed by atoms with van der Waals surface area (Å²) in [4.78, 5) is 6.24. The van der Waals surface area contributed by atoms with E-state index in [1.54, 1.807) is 0 Å². The molecule has 0 aliphatic carbocycles. The molecule has 0 aliphatic heterocycles. The number of aryl methyl sites for hydroxylation is 1. The van der Waals surface area contributed by atoms with E-state index in [-0.39, 0.29) is 0 Å². The van der Waals surface area contributed by atoms with Crippen molar-refractivity contribution in [3.8, 4) is 0 Å². The van der Waals surface area contributed by atoms with Gasteiger partial charge in [0.25, 0.3) is 0 Å². The van der Waals surface area contributed by atoms with E-state index in [9.17, 15) is 0 Å². The monoisotopic (exact) mass is 394 g/mol. The first-order valence-corrected chi connectivity index (χ1v) is 12.0. The standard InChI is InChI=1S/C25H34N2S/c1-2-3-4-5-6-7-8-9-15-20-27-24-19-14-13-18-23(24)26-25(27)21-28-22-16-11-10-12-17-22/h10-14,16-19H,2-9,15,20-21H2,1H3. The van der Waals surface area contributed by atoms with E-state index in [4.69, 9.17) is 4.98 Å². The molecule has 0 unspecified atom stereocenters. The SMILES string of the molecule is CCCCCCCCCCCn1c(CSc2ccccc2)nc2ccccc21. The molecule has 3 heteroatoms. The van der Waals surface area contributed by atoms with Crippen molar-refractivity contribution >= 4 is 22.8 Å². The summed E-state index contributed by atoms with van der Waals surface area (Å²) in [6, 6.07) is 19.2. The molecule has 3 aromatic rings. The molecule has 0 aliphatic rings. The van der Waals surface area contributed by atoms with Crippen molar-refractivity contribution in [2.45, 2.75) is 81.9 Å². The molecule has 0 fully saturated rings. The van der Waals surface area contributed by atoms with Crippen LogP contribution in [0.2, 0.25) is 0 Å². The fourth-order valence-corrected chi connectivity index (χ4v) is 4.60. The van der Waals surface area contributed by atoms with Crippen molar-refractivity contribution in [1.29, 1.82) is 0 Å². The van der Waals surface area contributed by atoms with E-state index in [2.05, 4.69) is 66.1 Å². The van der Waals surface area contributed by atoms with Crippen LogP contribution in [0.15, 0.2) is 59.5 Å². The van der Waals surface area contributed by atoms with Crippen LogP contribution in [0.3, 0.4) is 0 Å². The van der Waals surface area contributed by atoms with Gasteiger partial charge in [0.2, 0.25) is 0 Å². The third-order valence-corrected chi connectivity index (χ3v) is 6.34. The molecule has 0 saturated heterocycles. The van der Waals surface area contributed by atoms with Gasteiger partial charge in [-0.1, -0.05) is 88.6 Å². The van der Waals surface area contributed by atoms with Crippen LogP contribution >= 0.6 is 11.8 Å². The van der Waals surface area contributed by atoms with Crippen LogP contribution in [-0.2, 0) is 12.3 Å². The number of fused-ring (bicyclic) bond motifs is 1. The molecule has 1 aromatic heterocycles. The Morgan fingerprint density at radius 2 is 1.39 bits per heavy atom. The van der Waals surface area contributed by atoms with E-state index < -0.39 is 0 Å². The van der Waals surface area contributed by atoms with Gasteiger partial charge in [0.1, 0.15) is 5.82 Å². The first-order valence-electron chi connectivity index (χ1n) is 11.0. The maximum Gasteiger partial charge on any atom is 0.120 e. The zero-order valence-corrected chi connectivity index (χ0v) is 18.1. The molecular formula is C25H34N2S. The molecule has 28 heavy (non-hydrogen) atoms. The zero-order valence-electron chi connectivity index (χ0n) is 17.3. The van der Waals surface area contributed by atoms with Gasteiger partial charge in [-0.2, -0.15) is 0 Å². The molecule has 2 aromatic carbocycles. The highest BCUT2D eigenvalue weighted by atomic mass is 32.2. The lowest BCUT2D eigenvalue weighted by Crippen LogP contribution is -2.03. The minimum Gasteiger partial charge on any atom is -0.327 e. The summed E-state index contributed by atoms with van der Waals surface area (Å²) in [6.07, 6.45) is 12.3. The van der Waals surface area contributed by atoms with Crippen LogP contribution in [0.1, 0.15) is 70.5 Å². The molecule has 0 amide bonds. The predicted molar refractivity (Wildman–Crippen MR) is 123 cm³/mol. The summed E-state index contributed by atoms with van der Waals surface area (Å²) in [5.41, 5.74) is 2.41. The summed E-state index contributed by atoms with van der Waals surface area (Å²) in [7, 11) is 0. The number of nitrogens with zero attached hydrogens (tertiary/aromatic N) is 2. The van der Waals surface area contributed by atoms with Crippen LogP contribution < -0.4 is 0 Å². The lowest BCUT2D eigenvalue weighted by atomic mass is 10.1. The summed E-state index contributed by atoms with van der Waals surface area (Å²) < 4.78 is 2.45. The van der Waals surface area contributed by atoms with Gasteiger partial charge in [-0.05, 0) is 30.7 Å². The summed E-state index contributed by atoms with van der Waals surface area (Å²) in [5.74, 6) is 2.13. The predicted octanol–water partition coefficient (Wildman–Crippen LogP) is 7.86. The van der Waals surface area contributed by atoms with E-state index in [1.807, 2.05) is 11.8 Å². The van der Waals surface area contributed by atoms with Gasteiger partial charge < -0.3 is 4.57 Å². The summed E-state index contributed by atoms with van der Waals surface area (Å²) >= 11 is 1.88. The number of unbranched alkanes of at least 4 members (excludes halogenated alkanes) is 8. The topological polar surface area (TPSA) is 17.8 Å². The van der Waals surface area contributed by atoms with Crippen LogP contribution in [-0.4, -0.2) is 9.55 Å². The molecular weight excluding hydrogens is 360 g/mol. The Hall–Kier alpha value is -1.74. The van der Waals surface area contributed by atoms with Gasteiger partial charge in [0.15, 0.2) is 0 Å². The van der Waals surface area contributed by atoms with Crippen molar-refractivity contribution in [3.05, 3.63) is 60.4 Å². The number of hydrogen-bond acceptors (Lipinski definition) is 2. The number of para-hydroxylation sites is 2. The second-order valence-electron chi connectivity index (χ2n) is 7.60. The molecule has 0 radical (unpaired) electrons. The normalized spacial score (nSPS) is 11.3. The summed E-state index contributed by atoms with van der Waals surface area (Å²) in [6.45, 7) is 3.37. The number of imidazole rings is 1. The van der Waals surface area contributed by atoms with E-state index in [0.717, 1.165) is 17.8 Å². The fraction of sp³-hybridized carbons (Fsp3) is 0.480. The molecule has 3 rings (SSSR count). The first kappa shape index (κ1) is 21.0. The molecule has 0 spiro atoms. The van der Waals surface area contributed by atoms with Gasteiger partial charge >= 0.3 is 0 Å². The van der Waals surface area contributed by atoms with Gasteiger partial charge in [0.05, 0.1) is 16.8 Å². The third kappa shape index (κ3) is 6.41. The largest absolute Gasteiger partial charge is 0.327 e. The van der Waals surface area contributed by atoms with Crippen LogP contribution in [0.4, 0.5) is 0 Å². The molecule has 0 atom stereocenters. The fourth-order valence-electron chi connectivity index (χ4n) is 3.73. The Bertz CT molecular complexity index is 810. The molecule has 0 bridgehead atoms. The molecule has 0 N–H and O–H groups in total. The van der Waals surface area contributed by atoms with Crippen LogP contribution in [0.25, 0.3) is 11.0 Å². The Labute approximate surface area is 174 Å². The average Bonchev–Trinajstić information content (AvgIpc) is 3.09. The Balaban J connectivity index is 1.51. The molecule has 150 valence electrons. The number of aromatic nitrogens is 2. The van der Waals surface area contributed by atoms with Crippen molar-refractivity contribution in [3.63, 3.8) is 0 Å². The second kappa shape index (κ2) is 12.0. The number of thioether (sulfide) groups is 1. The maximum atomic E-state index is 4.93. The van der Waals surface area contributed by atoms with Crippen molar-refractivity contribution in [2.24, 2.45) is 0 Å². The highest BCUT2D eigenvalue weighted by molar-refractivity contribution is 7.98. The van der Waals surface area contributed by atoms with Gasteiger partial charge in [-0.3, -0.25) is 0 Å². The number of hydrogen-bond donors (Lipinski definition) is 0. The average molecular weight is 395 g/mol. The number of benzene rings is 2. The molecule has 2 nitrogen and oxygen atoms in total. The highest BCUT2D eigenvalue weighted by Crippen LogP contribution is 2.25. The van der Waals surface area contributed by atoms with Gasteiger partial charge in [-0.15, -0.1) is 11.8 Å². The van der Waals surface area contributed by atoms with Crippen molar-refractivity contribution in [2.75, 3.05) is 0 Å². The summed E-state index contributed by atoms with van der Waals surface area (Å²) in [5, 5.41) is 0. The third-order valence-electron chi connectivity index (χ3n) is 5.33. The van der Waals surface area contributed by atoms with Crippen LogP contribution in [0, 0.1) is 0 Å². The van der Waals surface area contributed by atoms with Crippen LogP contribution in [0.5, 0.6) is 0 Å². The van der Waals surface area contributed by atoms with Crippen molar-refractivity contribution < 1.29 is 0 Å². The minimum atomic E-state index is 0.927. The number of rotatable bonds is 13. The van der Waals surface area contributed by atoms with E-state index in [1.165, 1.54) is 74.0 Å². The lowest BCUT2D eigenvalue weighted by Gasteiger charge is -2.09. The van der Waals surface area contributed by atoms with Gasteiger partial charge in [-0.25, -0.2) is 4.98 Å². The van der Waals surface area contributed by atoms with Gasteiger partial charge in [0, 0.05) is 11.4 Å². The molecule has 1 heterocycles. The van der Waals surface area contributed by atoms with E-state index >= 15 is 0 Å². The highest BCUT2D eigenvalue weighted by Gasteiger charge is 2.10. The maximum absolute atomic E-state index is 4.93. The second-order valence-corrected chi connectivity index (χ2v) is 8.65. The smallest absolute Gasteiger partial charge is 0.120 e. The molecule has 0 saturated carbocycles. The quantitative estimate of drug-likeness (QED) is 0.217. The Morgan fingerprint density at radius 3 is 2.14 bits per heavy atom. The first-order chi connectivity index (χ1) is 13.9. The van der Waals surface area contributed by atoms with E-state index in [0.29, 0.717) is 0 Å². The van der Waals surface area contributed by atoms with Crippen molar-refractivity contribution in [1.82, 2.24) is 9.55 Å². The Kier molecular flexibility index (Phi) is 8.96. The lowest BCUT2D eigenvalue weighted by molar-refractivity contribution is 0.538. The minimum absolute atomic E-state index is 0.927.